The van der Waals surface area contributed by atoms with Crippen molar-refractivity contribution in [2.45, 2.75) is 44.6 Å². The van der Waals surface area contributed by atoms with Crippen LogP contribution in [0, 0.1) is 5.92 Å². The SMILES string of the molecule is COC(=O)C(Cc1ccc(OCCCN(C(=O)C2CCCC2)c2ccccc2)cc1)Nc1ccccc1C(=O)c1ccccc1. The van der Waals surface area contributed by atoms with Crippen molar-refractivity contribution in [1.29, 1.82) is 0 Å². The number of methoxy groups -OCH3 is 1. The Hall–Kier alpha value is -4.91. The van der Waals surface area contributed by atoms with Crippen LogP contribution in [0.25, 0.3) is 0 Å². The van der Waals surface area contributed by atoms with Gasteiger partial charge in [0.05, 0.1) is 13.7 Å². The summed E-state index contributed by atoms with van der Waals surface area (Å²) in [6, 6.07) is 33.0. The zero-order valence-electron chi connectivity index (χ0n) is 25.7. The summed E-state index contributed by atoms with van der Waals surface area (Å²) in [6.07, 6.45) is 5.23. The molecular weight excluding hydrogens is 564 g/mol. The van der Waals surface area contributed by atoms with Gasteiger partial charge < -0.3 is 19.7 Å². The van der Waals surface area contributed by atoms with Crippen LogP contribution in [0.5, 0.6) is 5.75 Å². The van der Waals surface area contributed by atoms with Gasteiger partial charge in [-0.25, -0.2) is 4.79 Å². The quantitative estimate of drug-likeness (QED) is 0.0939. The van der Waals surface area contributed by atoms with Gasteiger partial charge in [0.2, 0.25) is 5.91 Å². The lowest BCUT2D eigenvalue weighted by Gasteiger charge is -2.26. The van der Waals surface area contributed by atoms with Crippen LogP contribution < -0.4 is 15.0 Å². The number of ether oxygens (including phenoxy) is 2. The third kappa shape index (κ3) is 8.38. The van der Waals surface area contributed by atoms with Crippen LogP contribution in [-0.4, -0.2) is 44.0 Å². The van der Waals surface area contributed by atoms with Gasteiger partial charge in [0.25, 0.3) is 0 Å². The fourth-order valence-corrected chi connectivity index (χ4v) is 5.81. The molecule has 5 rings (SSSR count). The second kappa shape index (κ2) is 15.7. The van der Waals surface area contributed by atoms with E-state index in [-0.39, 0.29) is 17.6 Å². The van der Waals surface area contributed by atoms with Crippen LogP contribution in [0.15, 0.2) is 109 Å². The normalized spacial score (nSPS) is 13.5. The Kier molecular flexibility index (Phi) is 11.0. The van der Waals surface area contributed by atoms with Crippen LogP contribution in [0.4, 0.5) is 11.4 Å². The number of nitrogens with one attached hydrogen (secondary N) is 1. The summed E-state index contributed by atoms with van der Waals surface area (Å²) in [5.74, 6) is 0.489. The van der Waals surface area contributed by atoms with Gasteiger partial charge in [-0.2, -0.15) is 0 Å². The van der Waals surface area contributed by atoms with Gasteiger partial charge in [0.1, 0.15) is 11.8 Å². The highest BCUT2D eigenvalue weighted by atomic mass is 16.5. The summed E-state index contributed by atoms with van der Waals surface area (Å²) in [5.41, 5.74) is 3.47. The predicted octanol–water partition coefficient (Wildman–Crippen LogP) is 7.11. The number of hydrogen-bond donors (Lipinski definition) is 1. The van der Waals surface area contributed by atoms with E-state index in [9.17, 15) is 14.4 Å². The molecule has 1 atom stereocenters. The second-order valence-electron chi connectivity index (χ2n) is 11.3. The van der Waals surface area contributed by atoms with Crippen LogP contribution in [0.2, 0.25) is 0 Å². The minimum atomic E-state index is -0.701. The first-order chi connectivity index (χ1) is 22.0. The van der Waals surface area contributed by atoms with Gasteiger partial charge >= 0.3 is 5.97 Å². The molecule has 232 valence electrons. The van der Waals surface area contributed by atoms with E-state index in [2.05, 4.69) is 5.32 Å². The van der Waals surface area contributed by atoms with Crippen molar-refractivity contribution in [1.82, 2.24) is 0 Å². The number of carbonyl (C=O) groups is 3. The predicted molar refractivity (Wildman–Crippen MR) is 177 cm³/mol. The first kappa shape index (κ1) is 31.5. The molecule has 1 aliphatic carbocycles. The molecule has 0 spiro atoms. The highest BCUT2D eigenvalue weighted by molar-refractivity contribution is 6.12. The van der Waals surface area contributed by atoms with Crippen LogP contribution in [-0.2, 0) is 20.7 Å². The monoisotopic (exact) mass is 604 g/mol. The smallest absolute Gasteiger partial charge is 0.328 e. The Morgan fingerprint density at radius 1 is 0.822 bits per heavy atom. The summed E-state index contributed by atoms with van der Waals surface area (Å²) in [4.78, 5) is 41.2. The van der Waals surface area contributed by atoms with Crippen molar-refractivity contribution in [2.24, 2.45) is 5.92 Å². The molecule has 1 aliphatic rings. The Morgan fingerprint density at radius 3 is 2.16 bits per heavy atom. The Bertz CT molecular complexity index is 1550. The molecule has 0 bridgehead atoms. The molecule has 7 heteroatoms. The molecule has 7 nitrogen and oxygen atoms in total. The molecule has 1 unspecified atom stereocenters. The molecule has 45 heavy (non-hydrogen) atoms. The first-order valence-electron chi connectivity index (χ1n) is 15.6. The fraction of sp³-hybridized carbons (Fsp3) is 0.289. The fourth-order valence-electron chi connectivity index (χ4n) is 5.81. The number of nitrogens with zero attached hydrogens (tertiary/aromatic N) is 1. The van der Waals surface area contributed by atoms with Crippen LogP contribution in [0.3, 0.4) is 0 Å². The topological polar surface area (TPSA) is 84.9 Å². The second-order valence-corrected chi connectivity index (χ2v) is 11.3. The molecule has 4 aromatic carbocycles. The maximum absolute atomic E-state index is 13.3. The molecule has 0 aliphatic heterocycles. The third-order valence-electron chi connectivity index (χ3n) is 8.22. The average molecular weight is 605 g/mol. The average Bonchev–Trinajstić information content (AvgIpc) is 3.64. The van der Waals surface area contributed by atoms with Gasteiger partial charge in [0.15, 0.2) is 5.78 Å². The lowest BCUT2D eigenvalue weighted by Crippen LogP contribution is -2.36. The number of carbonyl (C=O) groups excluding carboxylic acids is 3. The van der Waals surface area contributed by atoms with Gasteiger partial charge in [-0.15, -0.1) is 0 Å². The molecule has 4 aromatic rings. The summed E-state index contributed by atoms with van der Waals surface area (Å²) in [6.45, 7) is 1.07. The number of para-hydroxylation sites is 2. The molecule has 1 fully saturated rings. The first-order valence-corrected chi connectivity index (χ1v) is 15.6. The highest BCUT2D eigenvalue weighted by Gasteiger charge is 2.28. The van der Waals surface area contributed by atoms with E-state index < -0.39 is 12.0 Å². The molecule has 0 heterocycles. The van der Waals surface area contributed by atoms with Crippen molar-refractivity contribution in [3.05, 3.63) is 126 Å². The van der Waals surface area contributed by atoms with Crippen molar-refractivity contribution >= 4 is 29.0 Å². The van der Waals surface area contributed by atoms with E-state index in [4.69, 9.17) is 9.47 Å². The maximum atomic E-state index is 13.3. The van der Waals surface area contributed by atoms with Gasteiger partial charge in [0, 0.05) is 41.4 Å². The number of benzene rings is 4. The Labute approximate surface area is 265 Å². The van der Waals surface area contributed by atoms with Crippen molar-refractivity contribution in [2.75, 3.05) is 30.5 Å². The lowest BCUT2D eigenvalue weighted by molar-refractivity contribution is -0.141. The zero-order valence-corrected chi connectivity index (χ0v) is 25.7. The number of ketones is 1. The van der Waals surface area contributed by atoms with E-state index in [1.807, 2.05) is 83.8 Å². The van der Waals surface area contributed by atoms with E-state index in [1.54, 1.807) is 30.3 Å². The number of esters is 1. The largest absolute Gasteiger partial charge is 0.494 e. The summed E-state index contributed by atoms with van der Waals surface area (Å²) in [5, 5.41) is 3.25. The Balaban J connectivity index is 1.18. The maximum Gasteiger partial charge on any atom is 0.328 e. The molecular formula is C38H40N2O5. The zero-order chi connectivity index (χ0) is 31.4. The van der Waals surface area contributed by atoms with Crippen molar-refractivity contribution < 1.29 is 23.9 Å². The van der Waals surface area contributed by atoms with E-state index in [0.717, 1.165) is 36.9 Å². The number of anilines is 2. The molecule has 1 saturated carbocycles. The van der Waals surface area contributed by atoms with E-state index >= 15 is 0 Å². The van der Waals surface area contributed by atoms with Crippen molar-refractivity contribution in [3.63, 3.8) is 0 Å². The van der Waals surface area contributed by atoms with Crippen LogP contribution >= 0.6 is 0 Å². The third-order valence-corrected chi connectivity index (χ3v) is 8.22. The Morgan fingerprint density at radius 2 is 1.47 bits per heavy atom. The number of amides is 1. The summed E-state index contributed by atoms with van der Waals surface area (Å²) in [7, 11) is 1.36. The molecule has 1 N–H and O–H groups in total. The number of rotatable bonds is 14. The van der Waals surface area contributed by atoms with E-state index in [0.29, 0.717) is 48.6 Å². The molecule has 0 radical (unpaired) electrons. The summed E-state index contributed by atoms with van der Waals surface area (Å²) < 4.78 is 11.1. The standard InChI is InChI=1S/C38H40N2O5/c1-44-38(43)35(39-34-20-11-10-19-33(34)36(41)29-13-4-2-5-14-29)27-28-21-23-32(24-22-28)45-26-12-25-40(31-17-6-3-7-18-31)37(42)30-15-8-9-16-30/h2-7,10-11,13-14,17-24,30,35,39H,8-9,12,15-16,25-27H2,1H3. The number of hydrogen-bond acceptors (Lipinski definition) is 6. The molecule has 1 amide bonds. The minimum Gasteiger partial charge on any atom is -0.494 e. The van der Waals surface area contributed by atoms with Crippen LogP contribution in [0.1, 0.15) is 53.6 Å². The van der Waals surface area contributed by atoms with Gasteiger partial charge in [-0.3, -0.25) is 9.59 Å². The van der Waals surface area contributed by atoms with Gasteiger partial charge in [-0.05, 0) is 61.2 Å². The summed E-state index contributed by atoms with van der Waals surface area (Å²) >= 11 is 0. The molecule has 0 saturated heterocycles. The van der Waals surface area contributed by atoms with E-state index in [1.165, 1.54) is 7.11 Å². The van der Waals surface area contributed by atoms with Gasteiger partial charge in [-0.1, -0.05) is 85.6 Å². The molecule has 0 aromatic heterocycles. The lowest BCUT2D eigenvalue weighted by atomic mass is 10.00. The highest BCUT2D eigenvalue weighted by Crippen LogP contribution is 2.29. The minimum absolute atomic E-state index is 0.111. The van der Waals surface area contributed by atoms with Crippen molar-refractivity contribution in [3.8, 4) is 5.75 Å².